The number of rotatable bonds is 7. The number of aryl methyl sites for hydroxylation is 1. The monoisotopic (exact) mass is 506 g/mol. The van der Waals surface area contributed by atoms with Gasteiger partial charge in [0.1, 0.15) is 11.6 Å². The summed E-state index contributed by atoms with van der Waals surface area (Å²) in [7, 11) is -4.01. The number of benzene rings is 1. The third-order valence-electron chi connectivity index (χ3n) is 7.09. The molecular formula is C27H30N4O4S. The van der Waals surface area contributed by atoms with Crippen molar-refractivity contribution in [3.63, 3.8) is 0 Å². The molecule has 2 N–H and O–H groups in total. The average molecular weight is 507 g/mol. The topological polar surface area (TPSA) is 112 Å². The summed E-state index contributed by atoms with van der Waals surface area (Å²) in [6, 6.07) is 16.5. The van der Waals surface area contributed by atoms with Crippen LogP contribution < -0.4 is 9.62 Å². The quantitative estimate of drug-likeness (QED) is 0.472. The van der Waals surface area contributed by atoms with Crippen LogP contribution in [0.25, 0.3) is 11.3 Å². The van der Waals surface area contributed by atoms with Crippen LogP contribution in [-0.2, 0) is 14.8 Å². The molecule has 188 valence electrons. The van der Waals surface area contributed by atoms with E-state index in [2.05, 4.69) is 20.8 Å². The van der Waals surface area contributed by atoms with E-state index >= 15 is 0 Å². The summed E-state index contributed by atoms with van der Waals surface area (Å²) in [6.45, 7) is 4.58. The second-order valence-electron chi connectivity index (χ2n) is 10.1. The van der Waals surface area contributed by atoms with Crippen LogP contribution in [0.15, 0.2) is 59.6 Å². The number of anilines is 2. The van der Waals surface area contributed by atoms with Gasteiger partial charge in [-0.05, 0) is 74.8 Å². The number of nitrogens with zero attached hydrogens (tertiary/aromatic N) is 3. The summed E-state index contributed by atoms with van der Waals surface area (Å²) in [6.07, 6.45) is 3.59. The first kappa shape index (κ1) is 24.2. The van der Waals surface area contributed by atoms with Crippen molar-refractivity contribution in [2.24, 2.45) is 5.41 Å². The van der Waals surface area contributed by atoms with Crippen LogP contribution >= 0.6 is 0 Å². The molecule has 0 spiro atoms. The van der Waals surface area contributed by atoms with Gasteiger partial charge in [-0.1, -0.05) is 36.4 Å². The molecule has 3 heterocycles. The predicted molar refractivity (Wildman–Crippen MR) is 139 cm³/mol. The first-order valence-corrected chi connectivity index (χ1v) is 13.7. The number of carboxylic acid groups (broad SMARTS) is 1. The van der Waals surface area contributed by atoms with Crippen LogP contribution in [0.4, 0.5) is 11.6 Å². The van der Waals surface area contributed by atoms with Gasteiger partial charge in [-0.3, -0.25) is 9.52 Å². The number of hydrogen-bond acceptors (Lipinski definition) is 6. The van der Waals surface area contributed by atoms with Crippen LogP contribution in [-0.4, -0.2) is 42.6 Å². The maximum atomic E-state index is 13.3. The predicted octanol–water partition coefficient (Wildman–Crippen LogP) is 4.82. The Balaban J connectivity index is 1.41. The third kappa shape index (κ3) is 4.80. The van der Waals surface area contributed by atoms with Gasteiger partial charge in [-0.2, -0.15) is 8.42 Å². The number of aromatic nitrogens is 2. The summed E-state index contributed by atoms with van der Waals surface area (Å²) < 4.78 is 29.1. The Kier molecular flexibility index (Phi) is 6.20. The summed E-state index contributed by atoms with van der Waals surface area (Å²) in [5.74, 6) is 0.348. The number of aliphatic carboxylic acids is 1. The molecule has 1 aromatic carbocycles. The van der Waals surface area contributed by atoms with E-state index in [1.807, 2.05) is 36.1 Å². The molecule has 0 amide bonds. The fraction of sp³-hybridized carbons (Fsp3) is 0.370. The summed E-state index contributed by atoms with van der Waals surface area (Å²) in [5.41, 5.74) is 3.12. The maximum absolute atomic E-state index is 13.3. The molecule has 2 aliphatic rings. The van der Waals surface area contributed by atoms with E-state index in [-0.39, 0.29) is 17.4 Å². The molecular weight excluding hydrogens is 476 g/mol. The van der Waals surface area contributed by atoms with Gasteiger partial charge in [-0.25, -0.2) is 9.97 Å². The molecule has 2 fully saturated rings. The highest BCUT2D eigenvalue weighted by Crippen LogP contribution is 2.44. The van der Waals surface area contributed by atoms with Gasteiger partial charge in [0.2, 0.25) is 0 Å². The van der Waals surface area contributed by atoms with Crippen molar-refractivity contribution in [2.75, 3.05) is 22.7 Å². The minimum Gasteiger partial charge on any atom is -0.481 e. The highest BCUT2D eigenvalue weighted by atomic mass is 32.2. The van der Waals surface area contributed by atoms with Crippen molar-refractivity contribution in [2.45, 2.75) is 50.5 Å². The van der Waals surface area contributed by atoms with Crippen molar-refractivity contribution in [1.82, 2.24) is 9.97 Å². The first-order valence-electron chi connectivity index (χ1n) is 12.2. The van der Waals surface area contributed by atoms with E-state index in [1.165, 1.54) is 11.6 Å². The second-order valence-corrected chi connectivity index (χ2v) is 11.7. The molecule has 2 aromatic heterocycles. The van der Waals surface area contributed by atoms with Crippen LogP contribution in [0.5, 0.6) is 0 Å². The molecule has 5 rings (SSSR count). The van der Waals surface area contributed by atoms with Crippen molar-refractivity contribution in [1.29, 1.82) is 0 Å². The fourth-order valence-electron chi connectivity index (χ4n) is 4.85. The van der Waals surface area contributed by atoms with E-state index in [9.17, 15) is 18.3 Å². The van der Waals surface area contributed by atoms with Gasteiger partial charge in [-0.15, -0.1) is 0 Å². The summed E-state index contributed by atoms with van der Waals surface area (Å²) in [5, 5.41) is 9.49. The number of sulfonamides is 1. The molecule has 0 bridgehead atoms. The van der Waals surface area contributed by atoms with E-state index < -0.39 is 21.4 Å². The lowest BCUT2D eigenvalue weighted by molar-refractivity contribution is -0.148. The molecule has 36 heavy (non-hydrogen) atoms. The zero-order chi connectivity index (χ0) is 25.5. The van der Waals surface area contributed by atoms with Crippen molar-refractivity contribution >= 4 is 27.6 Å². The maximum Gasteiger partial charge on any atom is 0.311 e. The lowest BCUT2D eigenvalue weighted by Crippen LogP contribution is -2.46. The molecule has 0 radical (unpaired) electrons. The van der Waals surface area contributed by atoms with Crippen molar-refractivity contribution in [3.05, 3.63) is 65.7 Å². The van der Waals surface area contributed by atoms with E-state index in [0.29, 0.717) is 31.1 Å². The summed E-state index contributed by atoms with van der Waals surface area (Å²) in [4.78, 5) is 22.6. The Hall–Kier alpha value is -3.46. The Labute approximate surface area is 211 Å². The fourth-order valence-corrected chi connectivity index (χ4v) is 5.82. The van der Waals surface area contributed by atoms with Gasteiger partial charge < -0.3 is 10.0 Å². The molecule has 1 unspecified atom stereocenters. The Morgan fingerprint density at radius 3 is 2.61 bits per heavy atom. The molecule has 1 atom stereocenters. The van der Waals surface area contributed by atoms with E-state index in [4.69, 9.17) is 0 Å². The summed E-state index contributed by atoms with van der Waals surface area (Å²) >= 11 is 0. The van der Waals surface area contributed by atoms with Crippen LogP contribution in [0.2, 0.25) is 0 Å². The smallest absolute Gasteiger partial charge is 0.311 e. The number of hydrogen-bond donors (Lipinski definition) is 2. The molecule has 1 aliphatic heterocycles. The van der Waals surface area contributed by atoms with Gasteiger partial charge in [0, 0.05) is 18.7 Å². The first-order chi connectivity index (χ1) is 17.2. The molecule has 1 saturated carbocycles. The van der Waals surface area contributed by atoms with Gasteiger partial charge in [0.25, 0.3) is 10.0 Å². The Bertz CT molecular complexity index is 1420. The molecule has 9 heteroatoms. The SMILES string of the molecule is Cc1ccc(NS(=O)(=O)c2cccc(N3CCCC(C)(C(=O)O)C3)n2)nc1-c1ccccc1C1CC1. The van der Waals surface area contributed by atoms with Crippen LogP contribution in [0.1, 0.15) is 49.7 Å². The van der Waals surface area contributed by atoms with Gasteiger partial charge in [0.15, 0.2) is 5.03 Å². The standard InChI is InChI=1S/C27H30N4O4S/c1-18-11-14-22(28-25(18)21-8-4-3-7-20(21)19-12-13-19)30-36(34,35)24-10-5-9-23(29-24)31-16-6-15-27(2,17-31)26(32)33/h3-5,7-11,14,19H,6,12-13,15-17H2,1-2H3,(H,28,30)(H,32,33). The lowest BCUT2D eigenvalue weighted by Gasteiger charge is -2.38. The Morgan fingerprint density at radius 2 is 1.86 bits per heavy atom. The van der Waals surface area contributed by atoms with Crippen LogP contribution in [0.3, 0.4) is 0 Å². The molecule has 1 aliphatic carbocycles. The van der Waals surface area contributed by atoms with Gasteiger partial charge >= 0.3 is 5.97 Å². The third-order valence-corrected chi connectivity index (χ3v) is 8.35. The minimum absolute atomic E-state index is 0.134. The number of carbonyl (C=O) groups is 1. The second kappa shape index (κ2) is 9.20. The van der Waals surface area contributed by atoms with Crippen molar-refractivity contribution < 1.29 is 18.3 Å². The zero-order valence-electron chi connectivity index (χ0n) is 20.4. The lowest BCUT2D eigenvalue weighted by atomic mass is 9.82. The highest BCUT2D eigenvalue weighted by Gasteiger charge is 2.38. The zero-order valence-corrected chi connectivity index (χ0v) is 21.3. The number of nitrogens with one attached hydrogen (secondary N) is 1. The largest absolute Gasteiger partial charge is 0.481 e. The molecule has 8 nitrogen and oxygen atoms in total. The number of piperidine rings is 1. The number of carboxylic acids is 1. The molecule has 3 aromatic rings. The van der Waals surface area contributed by atoms with Gasteiger partial charge in [0.05, 0.1) is 11.1 Å². The van der Waals surface area contributed by atoms with Crippen molar-refractivity contribution in [3.8, 4) is 11.3 Å². The minimum atomic E-state index is -4.01. The van der Waals surface area contributed by atoms with E-state index in [0.717, 1.165) is 29.7 Å². The van der Waals surface area contributed by atoms with Crippen LogP contribution in [0, 0.1) is 12.3 Å². The average Bonchev–Trinajstić information content (AvgIpc) is 3.71. The number of pyridine rings is 2. The Morgan fingerprint density at radius 1 is 1.08 bits per heavy atom. The highest BCUT2D eigenvalue weighted by molar-refractivity contribution is 7.92. The normalized spacial score (nSPS) is 20.2. The van der Waals surface area contributed by atoms with E-state index in [1.54, 1.807) is 25.1 Å². The molecule has 1 saturated heterocycles.